The van der Waals surface area contributed by atoms with Gasteiger partial charge < -0.3 is 10.2 Å². The van der Waals surface area contributed by atoms with Crippen molar-refractivity contribution in [3.05, 3.63) is 12.7 Å². The molecule has 1 fully saturated rings. The van der Waals surface area contributed by atoms with Crippen LogP contribution in [0.1, 0.15) is 45.4 Å². The maximum atomic E-state index is 3.81. The van der Waals surface area contributed by atoms with Gasteiger partial charge in [0.1, 0.15) is 0 Å². The molecule has 0 aromatic rings. The van der Waals surface area contributed by atoms with Gasteiger partial charge in [-0.2, -0.15) is 0 Å². The first-order chi connectivity index (χ1) is 7.67. The van der Waals surface area contributed by atoms with Gasteiger partial charge in [-0.15, -0.1) is 6.58 Å². The monoisotopic (exact) mass is 224 g/mol. The summed E-state index contributed by atoms with van der Waals surface area (Å²) in [6.45, 7) is 6.08. The van der Waals surface area contributed by atoms with Crippen molar-refractivity contribution in [2.24, 2.45) is 0 Å². The molecule has 0 saturated heterocycles. The van der Waals surface area contributed by atoms with Crippen LogP contribution in [-0.2, 0) is 0 Å². The number of allylic oxidation sites excluding steroid dienone is 1. The van der Waals surface area contributed by atoms with E-state index in [-0.39, 0.29) is 0 Å². The molecular weight excluding hydrogens is 196 g/mol. The lowest BCUT2D eigenvalue weighted by atomic mass is 10.1. The Morgan fingerprint density at radius 2 is 2.19 bits per heavy atom. The van der Waals surface area contributed by atoms with Crippen LogP contribution in [0.3, 0.4) is 0 Å². The lowest BCUT2D eigenvalue weighted by molar-refractivity contribution is 0.289. The molecule has 0 bridgehead atoms. The molecule has 0 aromatic heterocycles. The summed E-state index contributed by atoms with van der Waals surface area (Å²) in [5, 5.41) is 3.81. The fourth-order valence-electron chi connectivity index (χ4n) is 2.64. The number of hydrogen-bond acceptors (Lipinski definition) is 2. The van der Waals surface area contributed by atoms with Crippen LogP contribution >= 0.6 is 0 Å². The maximum Gasteiger partial charge on any atom is 0.0105 e. The summed E-state index contributed by atoms with van der Waals surface area (Å²) < 4.78 is 0. The van der Waals surface area contributed by atoms with Crippen molar-refractivity contribution in [2.45, 2.75) is 63.6 Å². The summed E-state index contributed by atoms with van der Waals surface area (Å²) in [6, 6.07) is 2.21. The van der Waals surface area contributed by atoms with E-state index in [0.717, 1.165) is 18.5 Å². The highest BCUT2D eigenvalue weighted by atomic mass is 15.1. The Kier molecular flexibility index (Phi) is 6.07. The van der Waals surface area contributed by atoms with Crippen molar-refractivity contribution in [2.75, 3.05) is 14.1 Å². The lowest BCUT2D eigenvalue weighted by Crippen LogP contribution is -2.37. The van der Waals surface area contributed by atoms with E-state index < -0.39 is 0 Å². The Balaban J connectivity index is 2.28. The molecule has 0 spiro atoms. The van der Waals surface area contributed by atoms with E-state index in [4.69, 9.17) is 0 Å². The van der Waals surface area contributed by atoms with Crippen LogP contribution in [0.25, 0.3) is 0 Å². The average molecular weight is 224 g/mol. The third kappa shape index (κ3) is 4.26. The molecule has 0 heterocycles. The molecule has 94 valence electrons. The zero-order valence-electron chi connectivity index (χ0n) is 11.2. The van der Waals surface area contributed by atoms with E-state index >= 15 is 0 Å². The van der Waals surface area contributed by atoms with Crippen LogP contribution in [0.5, 0.6) is 0 Å². The molecule has 16 heavy (non-hydrogen) atoms. The molecule has 0 aromatic carbocycles. The Morgan fingerprint density at radius 3 is 2.69 bits per heavy atom. The highest BCUT2D eigenvalue weighted by molar-refractivity contribution is 4.87. The number of hydrogen-bond donors (Lipinski definition) is 1. The minimum absolute atomic E-state index is 0.684. The fourth-order valence-corrected chi connectivity index (χ4v) is 2.64. The summed E-state index contributed by atoms with van der Waals surface area (Å²) in [6.07, 6.45) is 9.64. The van der Waals surface area contributed by atoms with E-state index in [9.17, 15) is 0 Å². The molecule has 1 saturated carbocycles. The third-order valence-electron chi connectivity index (χ3n) is 3.82. The van der Waals surface area contributed by atoms with Crippen molar-refractivity contribution < 1.29 is 0 Å². The molecule has 1 N–H and O–H groups in total. The quantitative estimate of drug-likeness (QED) is 0.669. The van der Waals surface area contributed by atoms with Gasteiger partial charge in [0, 0.05) is 18.1 Å². The molecule has 1 rings (SSSR count). The van der Waals surface area contributed by atoms with Gasteiger partial charge in [-0.1, -0.05) is 13.0 Å². The van der Waals surface area contributed by atoms with Crippen LogP contribution in [-0.4, -0.2) is 37.1 Å². The molecule has 3 unspecified atom stereocenters. The molecule has 0 aliphatic heterocycles. The molecule has 3 atom stereocenters. The summed E-state index contributed by atoms with van der Waals surface area (Å²) in [4.78, 5) is 2.37. The highest BCUT2D eigenvalue weighted by Gasteiger charge is 2.26. The van der Waals surface area contributed by atoms with Crippen LogP contribution in [0, 0.1) is 0 Å². The predicted molar refractivity (Wildman–Crippen MR) is 71.8 cm³/mol. The van der Waals surface area contributed by atoms with Crippen molar-refractivity contribution in [1.82, 2.24) is 10.2 Å². The largest absolute Gasteiger partial charge is 0.311 e. The molecule has 2 nitrogen and oxygen atoms in total. The maximum absolute atomic E-state index is 3.81. The Morgan fingerprint density at radius 1 is 1.44 bits per heavy atom. The van der Waals surface area contributed by atoms with Crippen LogP contribution in [0.15, 0.2) is 12.7 Å². The average Bonchev–Trinajstić information content (AvgIpc) is 2.72. The van der Waals surface area contributed by atoms with Crippen molar-refractivity contribution in [3.63, 3.8) is 0 Å². The van der Waals surface area contributed by atoms with E-state index in [1.807, 2.05) is 6.08 Å². The third-order valence-corrected chi connectivity index (χ3v) is 3.82. The second-order valence-electron chi connectivity index (χ2n) is 5.27. The van der Waals surface area contributed by atoms with Crippen LogP contribution in [0.4, 0.5) is 0 Å². The molecule has 0 amide bonds. The first-order valence-corrected chi connectivity index (χ1v) is 6.70. The van der Waals surface area contributed by atoms with Crippen molar-refractivity contribution in [1.29, 1.82) is 0 Å². The van der Waals surface area contributed by atoms with Gasteiger partial charge in [0.15, 0.2) is 0 Å². The van der Waals surface area contributed by atoms with E-state index in [2.05, 4.69) is 37.8 Å². The van der Waals surface area contributed by atoms with Crippen LogP contribution in [0.2, 0.25) is 0 Å². The van der Waals surface area contributed by atoms with Crippen LogP contribution < -0.4 is 5.32 Å². The highest BCUT2D eigenvalue weighted by Crippen LogP contribution is 2.23. The normalized spacial score (nSPS) is 27.2. The van der Waals surface area contributed by atoms with Gasteiger partial charge in [-0.05, 0) is 52.6 Å². The first kappa shape index (κ1) is 13.7. The van der Waals surface area contributed by atoms with Crippen molar-refractivity contribution in [3.8, 4) is 0 Å². The number of rotatable bonds is 7. The van der Waals surface area contributed by atoms with E-state index in [1.54, 1.807) is 0 Å². The molecule has 1 aliphatic carbocycles. The summed E-state index contributed by atoms with van der Waals surface area (Å²) in [7, 11) is 4.39. The zero-order chi connectivity index (χ0) is 12.0. The first-order valence-electron chi connectivity index (χ1n) is 6.70. The van der Waals surface area contributed by atoms with Gasteiger partial charge in [0.25, 0.3) is 0 Å². The van der Waals surface area contributed by atoms with Gasteiger partial charge in [0.2, 0.25) is 0 Å². The smallest absolute Gasteiger partial charge is 0.0105 e. The standard InChI is InChI=1S/C14H28N2/c1-5-7-8-12(6-2)15-13-9-10-14(11-13)16(3)4/h5,12-15H,1,6-11H2,2-4H3. The topological polar surface area (TPSA) is 15.3 Å². The fraction of sp³-hybridized carbons (Fsp3) is 0.857. The van der Waals surface area contributed by atoms with E-state index in [0.29, 0.717) is 6.04 Å². The van der Waals surface area contributed by atoms with Gasteiger partial charge in [-0.25, -0.2) is 0 Å². The van der Waals surface area contributed by atoms with Gasteiger partial charge in [0.05, 0.1) is 0 Å². The van der Waals surface area contributed by atoms with Gasteiger partial charge >= 0.3 is 0 Å². The molecular formula is C14H28N2. The zero-order valence-corrected chi connectivity index (χ0v) is 11.2. The molecule has 2 heteroatoms. The number of nitrogens with one attached hydrogen (secondary N) is 1. The SMILES string of the molecule is C=CCCC(CC)NC1CCC(N(C)C)C1. The molecule has 1 aliphatic rings. The lowest BCUT2D eigenvalue weighted by Gasteiger charge is -2.23. The summed E-state index contributed by atoms with van der Waals surface area (Å²) >= 11 is 0. The number of nitrogens with zero attached hydrogens (tertiary/aromatic N) is 1. The Labute approximate surface area is 101 Å². The summed E-state index contributed by atoms with van der Waals surface area (Å²) in [5.41, 5.74) is 0. The van der Waals surface area contributed by atoms with Gasteiger partial charge in [-0.3, -0.25) is 0 Å². The Hall–Kier alpha value is -0.340. The van der Waals surface area contributed by atoms with Crippen molar-refractivity contribution >= 4 is 0 Å². The minimum atomic E-state index is 0.684. The second kappa shape index (κ2) is 7.08. The molecule has 0 radical (unpaired) electrons. The second-order valence-corrected chi connectivity index (χ2v) is 5.27. The summed E-state index contributed by atoms with van der Waals surface area (Å²) in [5.74, 6) is 0. The Bertz CT molecular complexity index is 201. The predicted octanol–water partition coefficient (Wildman–Crippen LogP) is 2.80. The van der Waals surface area contributed by atoms with E-state index in [1.165, 1.54) is 32.1 Å². The minimum Gasteiger partial charge on any atom is -0.311 e.